The van der Waals surface area contributed by atoms with E-state index < -0.39 is 5.91 Å². The Morgan fingerprint density at radius 3 is 2.24 bits per heavy atom. The Hall–Kier alpha value is -3.34. The number of carbonyl (C=O) groups excluding carboxylic acids is 2. The first-order valence-electron chi connectivity index (χ1n) is 8.02. The van der Waals surface area contributed by atoms with Crippen molar-refractivity contribution in [3.63, 3.8) is 0 Å². The van der Waals surface area contributed by atoms with E-state index in [-0.39, 0.29) is 11.7 Å². The van der Waals surface area contributed by atoms with Gasteiger partial charge < -0.3 is 15.1 Å². The van der Waals surface area contributed by atoms with Crippen molar-refractivity contribution in [2.45, 2.75) is 13.3 Å². The molecule has 1 heterocycles. The van der Waals surface area contributed by atoms with Crippen LogP contribution in [-0.4, -0.2) is 11.8 Å². The van der Waals surface area contributed by atoms with Crippen LogP contribution in [0, 0.1) is 0 Å². The fourth-order valence-electron chi connectivity index (χ4n) is 2.52. The summed E-state index contributed by atoms with van der Waals surface area (Å²) >= 11 is 0. The van der Waals surface area contributed by atoms with E-state index in [9.17, 15) is 9.59 Å². The Balaban J connectivity index is 1.82. The first-order valence-corrected chi connectivity index (χ1v) is 8.02. The number of rotatable bonds is 5. The molecule has 3 aromatic rings. The lowest BCUT2D eigenvalue weighted by Gasteiger charge is -2.13. The number of hydrogen-bond donors (Lipinski definition) is 2. The Kier molecular flexibility index (Phi) is 4.95. The van der Waals surface area contributed by atoms with Gasteiger partial charge >= 0.3 is 0 Å². The SMILES string of the molecule is CCc1ccccc1NC(=O)c1ccccc1NC(=O)c1ccco1. The van der Waals surface area contributed by atoms with E-state index in [1.807, 2.05) is 31.2 Å². The van der Waals surface area contributed by atoms with Gasteiger partial charge in [-0.3, -0.25) is 9.59 Å². The van der Waals surface area contributed by atoms with Gasteiger partial charge in [-0.1, -0.05) is 37.3 Å². The third kappa shape index (κ3) is 3.77. The molecule has 0 aliphatic heterocycles. The highest BCUT2D eigenvalue weighted by Crippen LogP contribution is 2.21. The van der Waals surface area contributed by atoms with Gasteiger partial charge in [0.1, 0.15) is 0 Å². The van der Waals surface area contributed by atoms with E-state index in [0.29, 0.717) is 11.3 Å². The topological polar surface area (TPSA) is 71.3 Å². The smallest absolute Gasteiger partial charge is 0.291 e. The fraction of sp³-hybridized carbons (Fsp3) is 0.100. The van der Waals surface area contributed by atoms with Gasteiger partial charge in [0.25, 0.3) is 11.8 Å². The van der Waals surface area contributed by atoms with Crippen LogP contribution in [0.2, 0.25) is 0 Å². The summed E-state index contributed by atoms with van der Waals surface area (Å²) in [4.78, 5) is 24.9. The predicted octanol–water partition coefficient (Wildman–Crippen LogP) is 4.35. The summed E-state index contributed by atoms with van der Waals surface area (Å²) in [7, 11) is 0. The molecule has 0 unspecified atom stereocenters. The molecule has 5 nitrogen and oxygen atoms in total. The molecule has 0 bridgehead atoms. The lowest BCUT2D eigenvalue weighted by atomic mass is 10.1. The molecule has 2 N–H and O–H groups in total. The molecule has 2 amide bonds. The third-order valence-corrected chi connectivity index (χ3v) is 3.81. The van der Waals surface area contributed by atoms with E-state index in [4.69, 9.17) is 4.42 Å². The lowest BCUT2D eigenvalue weighted by molar-refractivity contribution is 0.0996. The van der Waals surface area contributed by atoms with Gasteiger partial charge in [0.05, 0.1) is 17.5 Å². The van der Waals surface area contributed by atoms with Crippen LogP contribution in [0.4, 0.5) is 11.4 Å². The first kappa shape index (κ1) is 16.5. The molecule has 126 valence electrons. The summed E-state index contributed by atoms with van der Waals surface area (Å²) in [5.41, 5.74) is 2.62. The number of benzene rings is 2. The molecule has 0 spiro atoms. The number of amides is 2. The van der Waals surface area contributed by atoms with Crippen molar-refractivity contribution in [3.8, 4) is 0 Å². The molecule has 0 saturated carbocycles. The third-order valence-electron chi connectivity index (χ3n) is 3.81. The van der Waals surface area contributed by atoms with Crippen LogP contribution in [0.15, 0.2) is 71.3 Å². The van der Waals surface area contributed by atoms with Gasteiger partial charge in [0.15, 0.2) is 5.76 Å². The molecule has 5 heteroatoms. The van der Waals surface area contributed by atoms with Gasteiger partial charge in [0, 0.05) is 5.69 Å². The molecule has 3 rings (SSSR count). The molecular formula is C20H18N2O3. The molecule has 0 aliphatic rings. The number of anilines is 2. The van der Waals surface area contributed by atoms with E-state index in [1.54, 1.807) is 36.4 Å². The molecular weight excluding hydrogens is 316 g/mol. The van der Waals surface area contributed by atoms with E-state index >= 15 is 0 Å². The zero-order chi connectivity index (χ0) is 17.6. The van der Waals surface area contributed by atoms with E-state index in [1.165, 1.54) is 6.26 Å². The van der Waals surface area contributed by atoms with Crippen molar-refractivity contribution in [1.29, 1.82) is 0 Å². The number of furan rings is 1. The monoisotopic (exact) mass is 334 g/mol. The fourth-order valence-corrected chi connectivity index (χ4v) is 2.52. The van der Waals surface area contributed by atoms with E-state index in [0.717, 1.165) is 17.7 Å². The Bertz CT molecular complexity index is 885. The number of carbonyl (C=O) groups is 2. The highest BCUT2D eigenvalue weighted by Gasteiger charge is 2.16. The van der Waals surface area contributed by atoms with Crippen molar-refractivity contribution in [3.05, 3.63) is 83.8 Å². The van der Waals surface area contributed by atoms with Gasteiger partial charge in [-0.2, -0.15) is 0 Å². The average molecular weight is 334 g/mol. The number of aryl methyl sites for hydroxylation is 1. The zero-order valence-corrected chi connectivity index (χ0v) is 13.8. The second kappa shape index (κ2) is 7.49. The van der Waals surface area contributed by atoms with Crippen molar-refractivity contribution >= 4 is 23.2 Å². The van der Waals surface area contributed by atoms with Crippen LogP contribution < -0.4 is 10.6 Å². The van der Waals surface area contributed by atoms with Crippen molar-refractivity contribution in [2.24, 2.45) is 0 Å². The quantitative estimate of drug-likeness (QED) is 0.729. The molecule has 1 aromatic heterocycles. The Morgan fingerprint density at radius 1 is 0.840 bits per heavy atom. The van der Waals surface area contributed by atoms with Crippen molar-refractivity contribution in [2.75, 3.05) is 10.6 Å². The molecule has 0 saturated heterocycles. The largest absolute Gasteiger partial charge is 0.459 e. The van der Waals surface area contributed by atoms with Crippen LogP contribution in [-0.2, 0) is 6.42 Å². The van der Waals surface area contributed by atoms with Gasteiger partial charge in [0.2, 0.25) is 0 Å². The van der Waals surface area contributed by atoms with Gasteiger partial charge in [-0.15, -0.1) is 0 Å². The molecule has 0 atom stereocenters. The molecule has 0 aliphatic carbocycles. The summed E-state index contributed by atoms with van der Waals surface area (Å²) in [6.07, 6.45) is 2.24. The average Bonchev–Trinajstić information content (AvgIpc) is 3.17. The summed E-state index contributed by atoms with van der Waals surface area (Å²) in [5.74, 6) is -0.498. The summed E-state index contributed by atoms with van der Waals surface area (Å²) in [6.45, 7) is 2.03. The first-order chi connectivity index (χ1) is 12.2. The van der Waals surface area contributed by atoms with Gasteiger partial charge in [-0.25, -0.2) is 0 Å². The van der Waals surface area contributed by atoms with Crippen LogP contribution in [0.25, 0.3) is 0 Å². The lowest BCUT2D eigenvalue weighted by Crippen LogP contribution is -2.18. The minimum absolute atomic E-state index is 0.187. The molecule has 0 radical (unpaired) electrons. The van der Waals surface area contributed by atoms with E-state index in [2.05, 4.69) is 10.6 Å². The number of hydrogen-bond acceptors (Lipinski definition) is 3. The normalized spacial score (nSPS) is 10.3. The predicted molar refractivity (Wildman–Crippen MR) is 96.9 cm³/mol. The summed E-state index contributed by atoms with van der Waals surface area (Å²) < 4.78 is 5.08. The van der Waals surface area contributed by atoms with Crippen molar-refractivity contribution in [1.82, 2.24) is 0 Å². The maximum Gasteiger partial charge on any atom is 0.291 e. The molecule has 25 heavy (non-hydrogen) atoms. The minimum atomic E-state index is -0.404. The standard InChI is InChI=1S/C20H18N2O3/c1-2-14-8-3-5-10-16(14)21-19(23)15-9-4-6-11-17(15)22-20(24)18-12-7-13-25-18/h3-13H,2H2,1H3,(H,21,23)(H,22,24). The molecule has 0 fully saturated rings. The highest BCUT2D eigenvalue weighted by atomic mass is 16.3. The summed E-state index contributed by atoms with van der Waals surface area (Å²) in [6, 6.07) is 17.7. The zero-order valence-electron chi connectivity index (χ0n) is 13.8. The maximum absolute atomic E-state index is 12.7. The van der Waals surface area contributed by atoms with Crippen molar-refractivity contribution < 1.29 is 14.0 Å². The minimum Gasteiger partial charge on any atom is -0.459 e. The van der Waals surface area contributed by atoms with Gasteiger partial charge in [-0.05, 0) is 42.3 Å². The number of para-hydroxylation sites is 2. The second-order valence-corrected chi connectivity index (χ2v) is 5.44. The Morgan fingerprint density at radius 2 is 1.52 bits per heavy atom. The highest BCUT2D eigenvalue weighted by molar-refractivity contribution is 6.12. The van der Waals surface area contributed by atoms with Crippen LogP contribution in [0.3, 0.4) is 0 Å². The van der Waals surface area contributed by atoms with Crippen LogP contribution in [0.5, 0.6) is 0 Å². The van der Waals surface area contributed by atoms with Crippen LogP contribution >= 0.6 is 0 Å². The maximum atomic E-state index is 12.7. The second-order valence-electron chi connectivity index (χ2n) is 5.44. The Labute approximate surface area is 145 Å². The summed E-state index contributed by atoms with van der Waals surface area (Å²) in [5, 5.41) is 5.63. The van der Waals surface area contributed by atoms with Crippen LogP contribution in [0.1, 0.15) is 33.4 Å². The molecule has 2 aromatic carbocycles. The number of nitrogens with one attached hydrogen (secondary N) is 2.